The van der Waals surface area contributed by atoms with Crippen molar-refractivity contribution >= 4 is 5.71 Å². The Kier molecular flexibility index (Phi) is 6.75. The lowest BCUT2D eigenvalue weighted by Crippen LogP contribution is -2.55. The van der Waals surface area contributed by atoms with E-state index < -0.39 is 0 Å². The van der Waals surface area contributed by atoms with Crippen LogP contribution in [0.2, 0.25) is 0 Å². The molecule has 35 heavy (non-hydrogen) atoms. The van der Waals surface area contributed by atoms with Gasteiger partial charge in [-0.1, -0.05) is 48.5 Å². The van der Waals surface area contributed by atoms with E-state index in [9.17, 15) is 5.11 Å². The van der Waals surface area contributed by atoms with Gasteiger partial charge in [0, 0.05) is 43.4 Å². The number of aromatic hydroxyl groups is 1. The van der Waals surface area contributed by atoms with E-state index in [-0.39, 0.29) is 11.7 Å². The third-order valence-electron chi connectivity index (χ3n) is 7.15. The molecule has 0 radical (unpaired) electrons. The van der Waals surface area contributed by atoms with Gasteiger partial charge in [0.1, 0.15) is 11.4 Å². The largest absolute Gasteiger partial charge is 0.508 e. The second kappa shape index (κ2) is 10.1. The van der Waals surface area contributed by atoms with Gasteiger partial charge in [-0.15, -0.1) is 0 Å². The molecular weight excluding hydrogens is 438 g/mol. The molecule has 2 heterocycles. The first-order valence-electron chi connectivity index (χ1n) is 12.2. The maximum atomic E-state index is 10.6. The first-order valence-corrected chi connectivity index (χ1v) is 12.2. The second-order valence-electron chi connectivity index (χ2n) is 9.38. The average Bonchev–Trinajstić information content (AvgIpc) is 2.90. The number of rotatable bonds is 6. The first-order chi connectivity index (χ1) is 17.1. The lowest BCUT2D eigenvalue weighted by atomic mass is 9.87. The van der Waals surface area contributed by atoms with E-state index in [1.165, 1.54) is 5.56 Å². The summed E-state index contributed by atoms with van der Waals surface area (Å²) in [5.41, 5.74) is 3.92. The average molecular weight is 472 g/mol. The number of para-hydroxylation sites is 1. The molecule has 0 bridgehead atoms. The van der Waals surface area contributed by atoms with Crippen molar-refractivity contribution in [1.29, 1.82) is 0 Å². The molecule has 5 rings (SSSR count). The number of hydrogen-bond donors (Lipinski definition) is 2. The van der Waals surface area contributed by atoms with Gasteiger partial charge in [-0.25, -0.2) is 0 Å². The Labute approximate surface area is 207 Å². The topological polar surface area (TPSA) is 66.3 Å². The number of ether oxygens (including phenoxy) is 2. The smallest absolute Gasteiger partial charge is 0.161 e. The Balaban J connectivity index is 1.44. The zero-order chi connectivity index (χ0) is 24.3. The highest BCUT2D eigenvalue weighted by molar-refractivity contribution is 6.02. The van der Waals surface area contributed by atoms with Crippen LogP contribution in [0.1, 0.15) is 42.0 Å². The van der Waals surface area contributed by atoms with Gasteiger partial charge in [0.05, 0.1) is 14.2 Å². The third kappa shape index (κ3) is 5.04. The summed E-state index contributed by atoms with van der Waals surface area (Å²) in [5, 5.41) is 14.5. The van der Waals surface area contributed by atoms with Crippen LogP contribution in [0.3, 0.4) is 0 Å². The maximum absolute atomic E-state index is 10.6. The number of aliphatic imine (C=N–C) groups is 1. The van der Waals surface area contributed by atoms with E-state index in [2.05, 4.69) is 40.5 Å². The highest BCUT2D eigenvalue weighted by Crippen LogP contribution is 2.38. The Morgan fingerprint density at radius 2 is 1.66 bits per heavy atom. The van der Waals surface area contributed by atoms with E-state index in [1.54, 1.807) is 20.3 Å². The minimum atomic E-state index is -0.374. The molecule has 0 amide bonds. The monoisotopic (exact) mass is 471 g/mol. The lowest BCUT2D eigenvalue weighted by Gasteiger charge is -2.45. The van der Waals surface area contributed by atoms with Crippen molar-refractivity contribution in [1.82, 2.24) is 10.2 Å². The summed E-state index contributed by atoms with van der Waals surface area (Å²) in [4.78, 5) is 7.82. The molecule has 2 aliphatic heterocycles. The van der Waals surface area contributed by atoms with E-state index in [0.717, 1.165) is 49.3 Å². The van der Waals surface area contributed by atoms with Crippen LogP contribution in [-0.2, 0) is 6.54 Å². The molecule has 2 N–H and O–H groups in total. The van der Waals surface area contributed by atoms with Crippen LogP contribution in [0.25, 0.3) is 0 Å². The number of phenolic OH excluding ortho intramolecular Hbond substituents is 1. The molecule has 3 aromatic carbocycles. The summed E-state index contributed by atoms with van der Waals surface area (Å²) in [6.07, 6.45) is 2.49. The third-order valence-corrected chi connectivity index (χ3v) is 7.15. The quantitative estimate of drug-likeness (QED) is 0.534. The SMILES string of the molecule is COc1ccc(C2=NC3(CCN(Cc4ccccc4)CC3)N[C@H](c3ccccc3O)C2)cc1OC. The molecule has 0 aliphatic carbocycles. The first kappa shape index (κ1) is 23.4. The zero-order valence-electron chi connectivity index (χ0n) is 20.4. The number of methoxy groups -OCH3 is 2. The fourth-order valence-corrected chi connectivity index (χ4v) is 5.25. The summed E-state index contributed by atoms with van der Waals surface area (Å²) in [6.45, 7) is 2.86. The van der Waals surface area contributed by atoms with Gasteiger partial charge in [0.15, 0.2) is 11.5 Å². The van der Waals surface area contributed by atoms with Gasteiger partial charge in [0.25, 0.3) is 0 Å². The highest BCUT2D eigenvalue weighted by atomic mass is 16.5. The molecule has 3 aromatic rings. The van der Waals surface area contributed by atoms with E-state index in [1.807, 2.05) is 36.4 Å². The van der Waals surface area contributed by atoms with Crippen molar-refractivity contribution in [3.63, 3.8) is 0 Å². The number of hydrogen-bond acceptors (Lipinski definition) is 6. The van der Waals surface area contributed by atoms with Crippen molar-refractivity contribution in [2.75, 3.05) is 27.3 Å². The molecule has 0 aromatic heterocycles. The number of phenols is 1. The van der Waals surface area contributed by atoms with Crippen LogP contribution in [-0.4, -0.2) is 48.7 Å². The highest BCUT2D eigenvalue weighted by Gasteiger charge is 2.40. The number of piperidine rings is 1. The Morgan fingerprint density at radius 3 is 2.37 bits per heavy atom. The summed E-state index contributed by atoms with van der Waals surface area (Å²) in [7, 11) is 3.30. The van der Waals surface area contributed by atoms with Crippen molar-refractivity contribution < 1.29 is 14.6 Å². The number of nitrogens with one attached hydrogen (secondary N) is 1. The van der Waals surface area contributed by atoms with Crippen LogP contribution in [0.5, 0.6) is 17.2 Å². The van der Waals surface area contributed by atoms with Gasteiger partial charge >= 0.3 is 0 Å². The zero-order valence-corrected chi connectivity index (χ0v) is 20.4. The van der Waals surface area contributed by atoms with Gasteiger partial charge in [-0.3, -0.25) is 15.2 Å². The minimum absolute atomic E-state index is 0.0301. The van der Waals surface area contributed by atoms with Gasteiger partial charge in [0.2, 0.25) is 0 Å². The van der Waals surface area contributed by atoms with Crippen LogP contribution in [0.4, 0.5) is 0 Å². The number of nitrogens with zero attached hydrogens (tertiary/aromatic N) is 2. The number of benzene rings is 3. The molecule has 1 spiro atoms. The van der Waals surface area contributed by atoms with Crippen LogP contribution in [0.15, 0.2) is 77.8 Å². The molecule has 6 nitrogen and oxygen atoms in total. The Bertz CT molecular complexity index is 1190. The predicted octanol–water partition coefficient (Wildman–Crippen LogP) is 4.93. The molecule has 0 saturated carbocycles. The summed E-state index contributed by atoms with van der Waals surface area (Å²) in [6, 6.07) is 24.2. The predicted molar refractivity (Wildman–Crippen MR) is 138 cm³/mol. The Morgan fingerprint density at radius 1 is 0.943 bits per heavy atom. The molecular formula is C29H33N3O3. The van der Waals surface area contributed by atoms with Gasteiger partial charge in [-0.05, 0) is 48.2 Å². The van der Waals surface area contributed by atoms with Gasteiger partial charge in [-0.2, -0.15) is 0 Å². The van der Waals surface area contributed by atoms with Crippen molar-refractivity contribution in [3.8, 4) is 17.2 Å². The van der Waals surface area contributed by atoms with Crippen LogP contribution >= 0.6 is 0 Å². The van der Waals surface area contributed by atoms with E-state index in [4.69, 9.17) is 14.5 Å². The molecule has 1 fully saturated rings. The summed E-state index contributed by atoms with van der Waals surface area (Å²) >= 11 is 0. The Hall–Kier alpha value is -3.35. The number of likely N-dealkylation sites (tertiary alicyclic amines) is 1. The fourth-order valence-electron chi connectivity index (χ4n) is 5.25. The van der Waals surface area contributed by atoms with Crippen molar-refractivity contribution in [2.45, 2.75) is 37.5 Å². The minimum Gasteiger partial charge on any atom is -0.508 e. The summed E-state index contributed by atoms with van der Waals surface area (Å²) < 4.78 is 11.0. The maximum Gasteiger partial charge on any atom is 0.161 e. The fraction of sp³-hybridized carbons (Fsp3) is 0.345. The van der Waals surface area contributed by atoms with Crippen LogP contribution in [0, 0.1) is 0 Å². The normalized spacial score (nSPS) is 19.8. The summed E-state index contributed by atoms with van der Waals surface area (Å²) in [5.74, 6) is 1.71. The standard InChI is InChI=1S/C29H33N3O3/c1-34-27-13-12-22(18-28(27)35-2)24-19-25(23-10-6-7-11-26(23)33)31-29(30-24)14-16-32(17-15-29)20-21-8-4-3-5-9-21/h3-13,18,25,31,33H,14-17,19-20H2,1-2H3/t25-/m0/s1. The molecule has 182 valence electrons. The van der Waals surface area contributed by atoms with E-state index in [0.29, 0.717) is 23.7 Å². The molecule has 0 unspecified atom stereocenters. The van der Waals surface area contributed by atoms with Crippen molar-refractivity contribution in [2.24, 2.45) is 4.99 Å². The molecule has 2 aliphatic rings. The van der Waals surface area contributed by atoms with E-state index >= 15 is 0 Å². The molecule has 6 heteroatoms. The van der Waals surface area contributed by atoms with Crippen molar-refractivity contribution in [3.05, 3.63) is 89.5 Å². The molecule has 1 saturated heterocycles. The van der Waals surface area contributed by atoms with Crippen LogP contribution < -0.4 is 14.8 Å². The second-order valence-corrected chi connectivity index (χ2v) is 9.38. The van der Waals surface area contributed by atoms with Gasteiger partial charge < -0.3 is 14.6 Å². The lowest BCUT2D eigenvalue weighted by molar-refractivity contribution is 0.119. The molecule has 1 atom stereocenters.